The summed E-state index contributed by atoms with van der Waals surface area (Å²) in [5.41, 5.74) is 1.37. The Balaban J connectivity index is 1.15. The molecule has 0 spiro atoms. The predicted octanol–water partition coefficient (Wildman–Crippen LogP) is 3.70. The monoisotopic (exact) mass is 422 g/mol. The van der Waals surface area contributed by atoms with Gasteiger partial charge in [-0.1, -0.05) is 34.4 Å². The summed E-state index contributed by atoms with van der Waals surface area (Å²) in [7, 11) is 0. The van der Waals surface area contributed by atoms with Gasteiger partial charge in [0.25, 0.3) is 5.91 Å². The van der Waals surface area contributed by atoms with Crippen LogP contribution in [0.1, 0.15) is 29.8 Å². The quantitative estimate of drug-likeness (QED) is 0.768. The van der Waals surface area contributed by atoms with Crippen LogP contribution in [0.15, 0.2) is 35.1 Å². The maximum atomic E-state index is 11.9. The van der Waals surface area contributed by atoms with Gasteiger partial charge in [0.1, 0.15) is 6.26 Å². The number of amides is 1. The molecule has 0 unspecified atom stereocenters. The Bertz CT molecular complexity index is 801. The molecule has 2 aliphatic rings. The number of carbonyl (C=O) groups is 1. The van der Waals surface area contributed by atoms with E-state index in [4.69, 9.17) is 27.7 Å². The Hall–Kier alpha value is -1.76. The molecule has 28 heavy (non-hydrogen) atoms. The number of hydrogen-bond acceptors (Lipinski definition) is 5. The van der Waals surface area contributed by atoms with E-state index in [0.717, 1.165) is 51.3 Å². The number of nitrogens with one attached hydrogen (secondary N) is 1. The smallest absolute Gasteiger partial charge is 0.273 e. The summed E-state index contributed by atoms with van der Waals surface area (Å²) in [4.78, 5) is 16.8. The third-order valence-electron chi connectivity index (χ3n) is 5.74. The zero-order chi connectivity index (χ0) is 19.5. The van der Waals surface area contributed by atoms with Crippen LogP contribution in [0.5, 0.6) is 0 Å². The van der Waals surface area contributed by atoms with E-state index >= 15 is 0 Å². The largest absolute Gasteiger partial charge is 0.368 e. The number of halogens is 2. The van der Waals surface area contributed by atoms with Crippen LogP contribution in [0.3, 0.4) is 0 Å². The summed E-state index contributed by atoms with van der Waals surface area (Å²) in [6, 6.07) is 7.65. The zero-order valence-electron chi connectivity index (χ0n) is 15.6. The Kier molecular flexibility index (Phi) is 6.09. The highest BCUT2D eigenvalue weighted by Gasteiger charge is 2.31. The molecule has 4 rings (SSSR count). The number of nitrogens with zero attached hydrogens (tertiary/aromatic N) is 3. The van der Waals surface area contributed by atoms with Crippen molar-refractivity contribution in [2.45, 2.75) is 25.3 Å². The molecule has 1 aliphatic heterocycles. The van der Waals surface area contributed by atoms with Gasteiger partial charge >= 0.3 is 0 Å². The molecule has 6 nitrogen and oxygen atoms in total. The highest BCUT2D eigenvalue weighted by atomic mass is 35.5. The molecule has 2 aromatic rings. The van der Waals surface area contributed by atoms with Crippen LogP contribution in [-0.4, -0.2) is 54.7 Å². The Morgan fingerprint density at radius 2 is 1.96 bits per heavy atom. The van der Waals surface area contributed by atoms with Crippen molar-refractivity contribution in [2.75, 3.05) is 37.6 Å². The van der Waals surface area contributed by atoms with Crippen LogP contribution in [0.4, 0.5) is 5.69 Å². The molecule has 2 heterocycles. The molecule has 1 saturated heterocycles. The molecule has 0 radical (unpaired) electrons. The van der Waals surface area contributed by atoms with Crippen molar-refractivity contribution in [3.63, 3.8) is 0 Å². The van der Waals surface area contributed by atoms with E-state index in [9.17, 15) is 4.79 Å². The number of piperazine rings is 1. The lowest BCUT2D eigenvalue weighted by atomic mass is 9.78. The van der Waals surface area contributed by atoms with E-state index in [1.807, 2.05) is 18.2 Å². The van der Waals surface area contributed by atoms with Gasteiger partial charge in [0.2, 0.25) is 0 Å². The van der Waals surface area contributed by atoms with Gasteiger partial charge in [-0.2, -0.15) is 0 Å². The summed E-state index contributed by atoms with van der Waals surface area (Å²) < 4.78 is 4.71. The van der Waals surface area contributed by atoms with Gasteiger partial charge < -0.3 is 14.7 Å². The molecular weight excluding hydrogens is 399 g/mol. The molecule has 1 N–H and O–H groups in total. The Labute approximate surface area is 174 Å². The topological polar surface area (TPSA) is 61.6 Å². The van der Waals surface area contributed by atoms with E-state index in [1.54, 1.807) is 6.07 Å². The maximum absolute atomic E-state index is 11.9. The first-order valence-electron chi connectivity index (χ1n) is 9.72. The highest BCUT2D eigenvalue weighted by molar-refractivity contribution is 6.43. The van der Waals surface area contributed by atoms with Gasteiger partial charge in [0.05, 0.1) is 15.7 Å². The van der Waals surface area contributed by atoms with Gasteiger partial charge in [-0.25, -0.2) is 0 Å². The molecular formula is C20H24Cl2N4O2. The van der Waals surface area contributed by atoms with E-state index in [-0.39, 0.29) is 11.9 Å². The molecule has 0 bridgehead atoms. The van der Waals surface area contributed by atoms with Crippen LogP contribution in [-0.2, 0) is 0 Å². The minimum absolute atomic E-state index is 0.145. The van der Waals surface area contributed by atoms with Crippen molar-refractivity contribution in [1.29, 1.82) is 0 Å². The molecule has 1 aliphatic carbocycles. The molecule has 1 aromatic heterocycles. The lowest BCUT2D eigenvalue weighted by Gasteiger charge is -2.39. The maximum Gasteiger partial charge on any atom is 0.273 e. The fourth-order valence-electron chi connectivity index (χ4n) is 3.99. The lowest BCUT2D eigenvalue weighted by Crippen LogP contribution is -2.48. The number of benzene rings is 1. The van der Waals surface area contributed by atoms with Crippen molar-refractivity contribution >= 4 is 34.8 Å². The molecule has 0 atom stereocenters. The highest BCUT2D eigenvalue weighted by Crippen LogP contribution is 2.33. The van der Waals surface area contributed by atoms with Crippen molar-refractivity contribution in [3.8, 4) is 0 Å². The lowest BCUT2D eigenvalue weighted by molar-refractivity contribution is 0.0868. The average Bonchev–Trinajstić information content (AvgIpc) is 3.21. The van der Waals surface area contributed by atoms with Crippen molar-refractivity contribution in [2.24, 2.45) is 5.92 Å². The number of aromatic nitrogens is 1. The predicted molar refractivity (Wildman–Crippen MR) is 110 cm³/mol. The number of hydrogen-bond donors (Lipinski definition) is 1. The van der Waals surface area contributed by atoms with Crippen LogP contribution >= 0.6 is 23.2 Å². The summed E-state index contributed by atoms with van der Waals surface area (Å²) in [5, 5.41) is 7.94. The first-order valence-corrected chi connectivity index (χ1v) is 10.5. The average molecular weight is 423 g/mol. The van der Waals surface area contributed by atoms with Gasteiger partial charge in [-0.15, -0.1) is 0 Å². The first kappa shape index (κ1) is 19.6. The number of anilines is 1. The van der Waals surface area contributed by atoms with Gasteiger partial charge in [0, 0.05) is 38.3 Å². The minimum Gasteiger partial charge on any atom is -0.368 e. The van der Waals surface area contributed by atoms with E-state index in [0.29, 0.717) is 21.7 Å². The number of rotatable bonds is 6. The number of carbonyl (C=O) groups excluding carboxylic acids is 1. The molecule has 1 saturated carbocycles. The van der Waals surface area contributed by atoms with Crippen molar-refractivity contribution < 1.29 is 9.32 Å². The third kappa shape index (κ3) is 4.45. The fraction of sp³-hybridized carbons (Fsp3) is 0.500. The molecule has 2 fully saturated rings. The van der Waals surface area contributed by atoms with Crippen LogP contribution in [0, 0.1) is 5.92 Å². The summed E-state index contributed by atoms with van der Waals surface area (Å²) >= 11 is 12.5. The second kappa shape index (κ2) is 8.72. The summed E-state index contributed by atoms with van der Waals surface area (Å²) in [6.07, 6.45) is 4.68. The second-order valence-corrected chi connectivity index (χ2v) is 8.37. The Morgan fingerprint density at radius 1 is 1.18 bits per heavy atom. The molecule has 150 valence electrons. The van der Waals surface area contributed by atoms with Gasteiger partial charge in [0.15, 0.2) is 5.69 Å². The summed E-state index contributed by atoms with van der Waals surface area (Å²) in [6.45, 7) is 5.08. The summed E-state index contributed by atoms with van der Waals surface area (Å²) in [5.74, 6) is 0.538. The van der Waals surface area contributed by atoms with E-state index in [2.05, 4.69) is 20.3 Å². The minimum atomic E-state index is -0.145. The molecule has 1 amide bonds. The normalized spacial score (nSPS) is 22.7. The van der Waals surface area contributed by atoms with Crippen molar-refractivity contribution in [1.82, 2.24) is 15.4 Å². The van der Waals surface area contributed by atoms with Gasteiger partial charge in [-0.3, -0.25) is 9.69 Å². The first-order chi connectivity index (χ1) is 13.6. The van der Waals surface area contributed by atoms with Crippen LogP contribution in [0.2, 0.25) is 10.0 Å². The fourth-order valence-corrected chi connectivity index (χ4v) is 4.41. The second-order valence-electron chi connectivity index (χ2n) is 7.58. The molecule has 1 aromatic carbocycles. The van der Waals surface area contributed by atoms with Crippen LogP contribution in [0.25, 0.3) is 0 Å². The Morgan fingerprint density at radius 3 is 2.68 bits per heavy atom. The third-order valence-corrected chi connectivity index (χ3v) is 6.55. The standard InChI is InChI=1S/C20H24Cl2N4O2/c21-16-2-1-3-18(19(16)22)26-9-7-25(8-10-26)6-4-14-12-15(13-14)23-20(27)17-5-11-28-24-17/h1-3,5,11,14-15H,4,6-10,12-13H2,(H,23,27)/t14-,15+. The van der Waals surface area contributed by atoms with Crippen LogP contribution < -0.4 is 10.2 Å². The SMILES string of the molecule is O=C(N[C@H]1C[C@@H](CCN2CCN(c3cccc(Cl)c3Cl)CC2)C1)c1ccon1. The van der Waals surface area contributed by atoms with E-state index < -0.39 is 0 Å². The van der Waals surface area contributed by atoms with E-state index in [1.165, 1.54) is 12.7 Å². The zero-order valence-corrected chi connectivity index (χ0v) is 17.1. The molecule has 8 heteroatoms. The van der Waals surface area contributed by atoms with Crippen molar-refractivity contribution in [3.05, 3.63) is 46.3 Å². The van der Waals surface area contributed by atoms with Gasteiger partial charge in [-0.05, 0) is 43.9 Å².